The molecule has 1 aromatic rings. The van der Waals surface area contributed by atoms with E-state index in [2.05, 4.69) is 5.10 Å². The van der Waals surface area contributed by atoms with Crippen molar-refractivity contribution >= 4 is 17.9 Å². The number of amides is 1. The zero-order valence-electron chi connectivity index (χ0n) is 15.0. The molecule has 24 heavy (non-hydrogen) atoms. The number of hydrogen-bond donors (Lipinski definition) is 1. The van der Waals surface area contributed by atoms with Gasteiger partial charge in [-0.05, 0) is 33.6 Å². The lowest BCUT2D eigenvalue weighted by atomic mass is 9.90. The topological polar surface area (TPSA) is 99.7 Å². The summed E-state index contributed by atoms with van der Waals surface area (Å²) in [5, 5.41) is 4.17. The van der Waals surface area contributed by atoms with Crippen molar-refractivity contribution in [2.24, 2.45) is 7.05 Å². The number of aromatic nitrogens is 2. The predicted molar refractivity (Wildman–Crippen MR) is 88.7 cm³/mol. The lowest BCUT2D eigenvalue weighted by Crippen LogP contribution is -2.42. The van der Waals surface area contributed by atoms with Gasteiger partial charge in [-0.15, -0.1) is 0 Å². The first-order valence-electron chi connectivity index (χ1n) is 8.02. The largest absolute Gasteiger partial charge is 0.464 e. The van der Waals surface area contributed by atoms with Crippen LogP contribution in [0.4, 0.5) is 10.6 Å². The zero-order chi connectivity index (χ0) is 18.1. The van der Waals surface area contributed by atoms with E-state index in [0.29, 0.717) is 24.5 Å². The van der Waals surface area contributed by atoms with Crippen LogP contribution < -0.4 is 5.73 Å². The normalized spacial score (nSPS) is 18.4. The fourth-order valence-electron chi connectivity index (χ4n) is 2.91. The molecule has 2 rings (SSSR count). The molecule has 0 radical (unpaired) electrons. The van der Waals surface area contributed by atoms with Gasteiger partial charge in [0.15, 0.2) is 5.69 Å². The number of carbonyl (C=O) groups is 2. The van der Waals surface area contributed by atoms with Crippen LogP contribution in [0.5, 0.6) is 0 Å². The molecule has 0 bridgehead atoms. The standard InChI is InChI=1S/C16H26N4O4/c1-16(2,3)24-15(22)20-8-6-7-10(9-20)11-12(14(21)23-5)18-19(4)13(11)17/h10H,6-9,17H2,1-5H3. The lowest BCUT2D eigenvalue weighted by molar-refractivity contribution is 0.0198. The summed E-state index contributed by atoms with van der Waals surface area (Å²) in [5.41, 5.74) is 6.43. The number of esters is 1. The summed E-state index contributed by atoms with van der Waals surface area (Å²) in [6.45, 7) is 6.57. The molecule has 1 aliphatic heterocycles. The molecule has 8 nitrogen and oxygen atoms in total. The average molecular weight is 338 g/mol. The highest BCUT2D eigenvalue weighted by Gasteiger charge is 2.33. The van der Waals surface area contributed by atoms with E-state index in [1.807, 2.05) is 20.8 Å². The summed E-state index contributed by atoms with van der Waals surface area (Å²) in [4.78, 5) is 26.0. The molecule has 1 saturated heterocycles. The van der Waals surface area contributed by atoms with Gasteiger partial charge in [0.2, 0.25) is 0 Å². The Bertz CT molecular complexity index is 633. The Morgan fingerprint density at radius 1 is 1.33 bits per heavy atom. The van der Waals surface area contributed by atoms with E-state index in [1.54, 1.807) is 11.9 Å². The summed E-state index contributed by atoms with van der Waals surface area (Å²) >= 11 is 0. The Hall–Kier alpha value is -2.25. The van der Waals surface area contributed by atoms with E-state index in [4.69, 9.17) is 15.2 Å². The van der Waals surface area contributed by atoms with Crippen molar-refractivity contribution < 1.29 is 19.1 Å². The number of carbonyl (C=O) groups excluding carboxylic acids is 2. The number of piperidine rings is 1. The van der Waals surface area contributed by atoms with Gasteiger partial charge in [-0.2, -0.15) is 5.10 Å². The number of likely N-dealkylation sites (tertiary alicyclic amines) is 1. The molecule has 1 aromatic heterocycles. The monoisotopic (exact) mass is 338 g/mol. The fourth-order valence-corrected chi connectivity index (χ4v) is 2.91. The SMILES string of the molecule is COC(=O)c1nn(C)c(N)c1C1CCCN(C(=O)OC(C)(C)C)C1. The van der Waals surface area contributed by atoms with Crippen molar-refractivity contribution in [3.63, 3.8) is 0 Å². The second-order valence-electron chi connectivity index (χ2n) is 7.03. The average Bonchev–Trinajstić information content (AvgIpc) is 2.80. The highest BCUT2D eigenvalue weighted by Crippen LogP contribution is 2.33. The van der Waals surface area contributed by atoms with Crippen molar-refractivity contribution in [1.29, 1.82) is 0 Å². The molecule has 1 atom stereocenters. The second kappa shape index (κ2) is 6.70. The van der Waals surface area contributed by atoms with Crippen LogP contribution in [0, 0.1) is 0 Å². The van der Waals surface area contributed by atoms with Gasteiger partial charge in [-0.3, -0.25) is 4.68 Å². The van der Waals surface area contributed by atoms with Gasteiger partial charge in [-0.25, -0.2) is 9.59 Å². The van der Waals surface area contributed by atoms with E-state index in [9.17, 15) is 9.59 Å². The minimum absolute atomic E-state index is 0.0749. The number of methoxy groups -OCH3 is 1. The quantitative estimate of drug-likeness (QED) is 0.827. The van der Waals surface area contributed by atoms with Crippen LogP contribution in [0.25, 0.3) is 0 Å². The summed E-state index contributed by atoms with van der Waals surface area (Å²) in [6.07, 6.45) is 1.27. The zero-order valence-corrected chi connectivity index (χ0v) is 15.0. The number of ether oxygens (including phenoxy) is 2. The van der Waals surface area contributed by atoms with Crippen LogP contribution >= 0.6 is 0 Å². The van der Waals surface area contributed by atoms with Crippen molar-refractivity contribution in [2.75, 3.05) is 25.9 Å². The molecule has 1 aliphatic rings. The molecule has 2 N–H and O–H groups in total. The van der Waals surface area contributed by atoms with Crippen LogP contribution in [0.1, 0.15) is 55.6 Å². The van der Waals surface area contributed by atoms with Gasteiger partial charge >= 0.3 is 12.1 Å². The molecule has 0 spiro atoms. The minimum Gasteiger partial charge on any atom is -0.464 e. The maximum Gasteiger partial charge on any atom is 0.410 e. The highest BCUT2D eigenvalue weighted by molar-refractivity contribution is 5.90. The molecule has 1 amide bonds. The third-order valence-electron chi connectivity index (χ3n) is 3.99. The van der Waals surface area contributed by atoms with E-state index >= 15 is 0 Å². The third kappa shape index (κ3) is 3.80. The number of anilines is 1. The van der Waals surface area contributed by atoms with Crippen LogP contribution in [-0.4, -0.2) is 52.5 Å². The molecular weight excluding hydrogens is 312 g/mol. The van der Waals surface area contributed by atoms with Gasteiger partial charge in [-0.1, -0.05) is 0 Å². The first kappa shape index (κ1) is 18.1. The predicted octanol–water partition coefficient (Wildman–Crippen LogP) is 1.90. The van der Waals surface area contributed by atoms with Gasteiger partial charge in [0.25, 0.3) is 0 Å². The minimum atomic E-state index is -0.547. The molecule has 0 saturated carbocycles. The summed E-state index contributed by atoms with van der Waals surface area (Å²) in [7, 11) is 2.99. The van der Waals surface area contributed by atoms with Crippen LogP contribution in [0.3, 0.4) is 0 Å². The molecule has 1 fully saturated rings. The Morgan fingerprint density at radius 3 is 2.58 bits per heavy atom. The molecular formula is C16H26N4O4. The van der Waals surface area contributed by atoms with E-state index in [0.717, 1.165) is 12.8 Å². The van der Waals surface area contributed by atoms with Gasteiger partial charge in [0, 0.05) is 31.6 Å². The molecule has 0 aromatic carbocycles. The van der Waals surface area contributed by atoms with Crippen LogP contribution in [-0.2, 0) is 16.5 Å². The smallest absolute Gasteiger partial charge is 0.410 e. The third-order valence-corrected chi connectivity index (χ3v) is 3.99. The van der Waals surface area contributed by atoms with Crippen LogP contribution in [0.2, 0.25) is 0 Å². The Balaban J connectivity index is 2.24. The maximum absolute atomic E-state index is 12.3. The van der Waals surface area contributed by atoms with Gasteiger partial charge in [0.1, 0.15) is 11.4 Å². The number of aryl methyl sites for hydroxylation is 1. The van der Waals surface area contributed by atoms with Crippen molar-refractivity contribution in [3.8, 4) is 0 Å². The summed E-state index contributed by atoms with van der Waals surface area (Å²) < 4.78 is 11.7. The molecule has 0 aliphatic carbocycles. The number of rotatable bonds is 2. The van der Waals surface area contributed by atoms with E-state index in [-0.39, 0.29) is 17.7 Å². The highest BCUT2D eigenvalue weighted by atomic mass is 16.6. The summed E-state index contributed by atoms with van der Waals surface area (Å²) in [5.74, 6) is -0.174. The lowest BCUT2D eigenvalue weighted by Gasteiger charge is -2.34. The Morgan fingerprint density at radius 2 is 2.00 bits per heavy atom. The molecule has 2 heterocycles. The van der Waals surface area contributed by atoms with Crippen molar-refractivity contribution in [2.45, 2.75) is 45.1 Å². The number of nitrogens with two attached hydrogens (primary N) is 1. The van der Waals surface area contributed by atoms with Gasteiger partial charge < -0.3 is 20.1 Å². The Kier molecular flexibility index (Phi) is 5.05. The summed E-state index contributed by atoms with van der Waals surface area (Å²) in [6, 6.07) is 0. The van der Waals surface area contributed by atoms with E-state index < -0.39 is 11.6 Å². The first-order chi connectivity index (χ1) is 11.1. The van der Waals surface area contributed by atoms with Crippen molar-refractivity contribution in [1.82, 2.24) is 14.7 Å². The van der Waals surface area contributed by atoms with Crippen molar-refractivity contribution in [3.05, 3.63) is 11.3 Å². The number of nitrogen functional groups attached to an aromatic ring is 1. The maximum atomic E-state index is 12.3. The number of hydrogen-bond acceptors (Lipinski definition) is 6. The molecule has 8 heteroatoms. The van der Waals surface area contributed by atoms with Crippen LogP contribution in [0.15, 0.2) is 0 Å². The van der Waals surface area contributed by atoms with Gasteiger partial charge in [0.05, 0.1) is 7.11 Å². The Labute approximate surface area is 141 Å². The molecule has 134 valence electrons. The molecule has 1 unspecified atom stereocenters. The first-order valence-corrected chi connectivity index (χ1v) is 8.02. The number of nitrogens with zero attached hydrogens (tertiary/aromatic N) is 3. The second-order valence-corrected chi connectivity index (χ2v) is 7.03. The fraction of sp³-hybridized carbons (Fsp3) is 0.688. The van der Waals surface area contributed by atoms with E-state index in [1.165, 1.54) is 11.8 Å².